The van der Waals surface area contributed by atoms with Gasteiger partial charge >= 0.3 is 0 Å². The number of aromatic nitrogens is 2. The highest BCUT2D eigenvalue weighted by atomic mass is 19.1. The van der Waals surface area contributed by atoms with Crippen LogP contribution in [0.25, 0.3) is 11.1 Å². The van der Waals surface area contributed by atoms with Crippen LogP contribution in [0.2, 0.25) is 0 Å². The lowest BCUT2D eigenvalue weighted by atomic mass is 10.0. The summed E-state index contributed by atoms with van der Waals surface area (Å²) in [5.41, 5.74) is 6.47. The zero-order valence-corrected chi connectivity index (χ0v) is 15.6. The summed E-state index contributed by atoms with van der Waals surface area (Å²) < 4.78 is 19.7. The Morgan fingerprint density at radius 3 is 2.62 bits per heavy atom. The van der Waals surface area contributed by atoms with Crippen LogP contribution in [0.1, 0.15) is 15.9 Å². The normalized spacial score (nSPS) is 10.1. The summed E-state index contributed by atoms with van der Waals surface area (Å²) in [5.74, 6) is -1.38. The summed E-state index contributed by atoms with van der Waals surface area (Å²) in [4.78, 5) is 28.7. The Kier molecular flexibility index (Phi) is 5.55. The predicted octanol–water partition coefficient (Wildman–Crippen LogP) is 2.22. The number of rotatable bonds is 5. The van der Waals surface area contributed by atoms with E-state index < -0.39 is 11.7 Å². The minimum Gasteiger partial charge on any atom is -0.479 e. The van der Waals surface area contributed by atoms with Crippen LogP contribution in [0.3, 0.4) is 0 Å². The molecular formula is C20H16FN5O3. The van der Waals surface area contributed by atoms with E-state index in [2.05, 4.69) is 15.8 Å². The van der Waals surface area contributed by atoms with Crippen molar-refractivity contribution in [3.8, 4) is 23.1 Å². The number of anilines is 1. The van der Waals surface area contributed by atoms with Crippen LogP contribution in [-0.2, 0) is 7.05 Å². The molecule has 0 unspecified atom stereocenters. The minimum absolute atomic E-state index is 0.160. The summed E-state index contributed by atoms with van der Waals surface area (Å²) in [6, 6.07) is 11.0. The molecule has 0 aliphatic carbocycles. The van der Waals surface area contributed by atoms with E-state index in [0.717, 1.165) is 6.07 Å². The number of hydrazine groups is 1. The first-order chi connectivity index (χ1) is 13.9. The molecule has 3 rings (SSSR count). The number of hydrogen-bond donors (Lipinski definition) is 2. The number of nitrogens with one attached hydrogen (secondary N) is 2. The molecule has 2 N–H and O–H groups in total. The van der Waals surface area contributed by atoms with Crippen LogP contribution in [0.4, 0.5) is 10.1 Å². The number of nitrogens with zero attached hydrogens (tertiary/aromatic N) is 3. The van der Waals surface area contributed by atoms with Crippen molar-refractivity contribution in [2.24, 2.45) is 7.05 Å². The third kappa shape index (κ3) is 4.22. The fraction of sp³-hybridized carbons (Fsp3) is 0.100. The lowest BCUT2D eigenvalue weighted by molar-refractivity contribution is 0.0962. The zero-order valence-electron chi connectivity index (χ0n) is 15.6. The Balaban J connectivity index is 1.83. The molecule has 0 aliphatic rings. The zero-order chi connectivity index (χ0) is 21.0. The molecule has 0 aliphatic heterocycles. The molecular weight excluding hydrogens is 377 g/mol. The Bertz CT molecular complexity index is 1170. The van der Waals surface area contributed by atoms with Crippen LogP contribution >= 0.6 is 0 Å². The number of amides is 1. The first kappa shape index (κ1) is 19.6. The maximum atomic E-state index is 13.7. The number of hydrogen-bond acceptors (Lipinski definition) is 6. The third-order valence-corrected chi connectivity index (χ3v) is 4.09. The lowest BCUT2D eigenvalue weighted by Gasteiger charge is -2.11. The highest BCUT2D eigenvalue weighted by Gasteiger charge is 2.13. The summed E-state index contributed by atoms with van der Waals surface area (Å²) in [5, 5.41) is 8.90. The topological polar surface area (TPSA) is 109 Å². The van der Waals surface area contributed by atoms with Gasteiger partial charge in [0.15, 0.2) is 5.82 Å². The van der Waals surface area contributed by atoms with Crippen LogP contribution in [0.5, 0.6) is 5.88 Å². The second kappa shape index (κ2) is 8.22. The first-order valence-electron chi connectivity index (χ1n) is 8.40. The minimum atomic E-state index is -0.683. The molecule has 0 radical (unpaired) electrons. The van der Waals surface area contributed by atoms with E-state index in [1.807, 2.05) is 6.07 Å². The number of halogens is 1. The Hall–Kier alpha value is -4.19. The van der Waals surface area contributed by atoms with Gasteiger partial charge in [-0.2, -0.15) is 5.26 Å². The van der Waals surface area contributed by atoms with Gasteiger partial charge in [0.05, 0.1) is 36.2 Å². The maximum absolute atomic E-state index is 13.7. The van der Waals surface area contributed by atoms with Crippen molar-refractivity contribution in [2.75, 3.05) is 12.5 Å². The molecule has 0 fully saturated rings. The van der Waals surface area contributed by atoms with Crippen molar-refractivity contribution in [1.29, 1.82) is 5.26 Å². The van der Waals surface area contributed by atoms with Gasteiger partial charge in [0, 0.05) is 24.9 Å². The molecule has 3 aromatic rings. The van der Waals surface area contributed by atoms with Crippen molar-refractivity contribution >= 4 is 11.6 Å². The van der Waals surface area contributed by atoms with E-state index in [9.17, 15) is 14.0 Å². The van der Waals surface area contributed by atoms with Gasteiger partial charge in [-0.25, -0.2) is 9.37 Å². The molecule has 146 valence electrons. The van der Waals surface area contributed by atoms with Gasteiger partial charge in [0.25, 0.3) is 11.5 Å². The van der Waals surface area contributed by atoms with E-state index in [1.54, 1.807) is 24.3 Å². The number of aryl methyl sites for hydroxylation is 1. The van der Waals surface area contributed by atoms with Crippen LogP contribution in [-0.4, -0.2) is 22.6 Å². The molecule has 0 saturated heterocycles. The van der Waals surface area contributed by atoms with E-state index >= 15 is 0 Å². The summed E-state index contributed by atoms with van der Waals surface area (Å²) in [6.07, 6.45) is 2.68. The van der Waals surface area contributed by atoms with Crippen LogP contribution in [0, 0.1) is 17.1 Å². The molecule has 0 spiro atoms. The molecule has 8 nitrogen and oxygen atoms in total. The van der Waals surface area contributed by atoms with Gasteiger partial charge in [-0.3, -0.25) is 20.4 Å². The van der Waals surface area contributed by atoms with Gasteiger partial charge in [-0.15, -0.1) is 0 Å². The largest absolute Gasteiger partial charge is 0.479 e. The maximum Gasteiger partial charge on any atom is 0.271 e. The van der Waals surface area contributed by atoms with Gasteiger partial charge in [0.2, 0.25) is 5.88 Å². The molecule has 9 heteroatoms. The van der Waals surface area contributed by atoms with Crippen LogP contribution < -0.4 is 21.1 Å². The highest BCUT2D eigenvalue weighted by molar-refractivity contribution is 5.95. The number of ether oxygens (including phenoxy) is 1. The van der Waals surface area contributed by atoms with Crippen LogP contribution in [0.15, 0.2) is 53.6 Å². The smallest absolute Gasteiger partial charge is 0.271 e. The van der Waals surface area contributed by atoms with Gasteiger partial charge in [-0.1, -0.05) is 12.1 Å². The van der Waals surface area contributed by atoms with Gasteiger partial charge < -0.3 is 9.30 Å². The number of carbonyl (C=O) groups is 1. The van der Waals surface area contributed by atoms with E-state index in [4.69, 9.17) is 10.00 Å². The average Bonchev–Trinajstić information content (AvgIpc) is 2.74. The molecule has 29 heavy (non-hydrogen) atoms. The average molecular weight is 393 g/mol. The molecule has 2 heterocycles. The number of nitriles is 1. The third-order valence-electron chi connectivity index (χ3n) is 4.09. The predicted molar refractivity (Wildman–Crippen MR) is 104 cm³/mol. The Labute approximate surface area is 165 Å². The number of carbonyl (C=O) groups excluding carboxylic acids is 1. The molecule has 1 amide bonds. The molecule has 1 aromatic carbocycles. The van der Waals surface area contributed by atoms with E-state index in [0.29, 0.717) is 16.7 Å². The first-order valence-corrected chi connectivity index (χ1v) is 8.40. The lowest BCUT2D eigenvalue weighted by Crippen LogP contribution is -2.31. The molecule has 0 saturated carbocycles. The van der Waals surface area contributed by atoms with Gasteiger partial charge in [-0.05, 0) is 23.8 Å². The SMILES string of the molecule is COc1ncc(NNC(=O)c2cc(-c3ccc(C#N)cc3)c(=O)n(C)c2)cc1F. The van der Waals surface area contributed by atoms with Gasteiger partial charge in [0.1, 0.15) is 0 Å². The second-order valence-corrected chi connectivity index (χ2v) is 6.04. The molecule has 0 atom stereocenters. The fourth-order valence-corrected chi connectivity index (χ4v) is 2.61. The Morgan fingerprint density at radius 2 is 2.00 bits per heavy atom. The summed E-state index contributed by atoms with van der Waals surface area (Å²) in [7, 11) is 2.83. The Morgan fingerprint density at radius 1 is 1.28 bits per heavy atom. The summed E-state index contributed by atoms with van der Waals surface area (Å²) >= 11 is 0. The summed E-state index contributed by atoms with van der Waals surface area (Å²) in [6.45, 7) is 0. The van der Waals surface area contributed by atoms with E-state index in [-0.39, 0.29) is 22.7 Å². The number of pyridine rings is 2. The monoisotopic (exact) mass is 393 g/mol. The molecule has 0 bridgehead atoms. The van der Waals surface area contributed by atoms with E-state index in [1.165, 1.54) is 37.2 Å². The number of benzene rings is 1. The van der Waals surface area contributed by atoms with Crippen molar-refractivity contribution < 1.29 is 13.9 Å². The standard InChI is InChI=1S/C20H16FN5O3/c1-26-11-14(7-16(20(26)28)13-5-3-12(9-22)4-6-13)18(27)25-24-15-8-17(21)19(29-2)23-10-15/h3-8,10-11,24H,1-2H3,(H,25,27). The van der Waals surface area contributed by atoms with Crippen molar-refractivity contribution in [3.05, 3.63) is 76.1 Å². The fourth-order valence-electron chi connectivity index (χ4n) is 2.61. The quantitative estimate of drug-likeness (QED) is 0.644. The van der Waals surface area contributed by atoms with Crippen molar-refractivity contribution in [2.45, 2.75) is 0 Å². The van der Waals surface area contributed by atoms with Crippen molar-refractivity contribution in [1.82, 2.24) is 15.0 Å². The number of methoxy groups -OCH3 is 1. The highest BCUT2D eigenvalue weighted by Crippen LogP contribution is 2.18. The van der Waals surface area contributed by atoms with Crippen molar-refractivity contribution in [3.63, 3.8) is 0 Å². The second-order valence-electron chi connectivity index (χ2n) is 6.04. The molecule has 2 aromatic heterocycles.